The summed E-state index contributed by atoms with van der Waals surface area (Å²) >= 11 is 0. The standard InChI is InChI=1S/C21H19FN2O2/c22-17-11-9-15(10-12-17)19-18(21(25)24-13-5-2-6-14-24)23-20(26-19)16-7-3-1-4-8-16/h1,3-4,7-12H,2,5-6,13-14H2. The normalized spacial score (nSPS) is 14.4. The van der Waals surface area contributed by atoms with E-state index in [0.717, 1.165) is 37.9 Å². The molecule has 1 aromatic heterocycles. The van der Waals surface area contributed by atoms with Gasteiger partial charge in [-0.1, -0.05) is 18.2 Å². The quantitative estimate of drug-likeness (QED) is 0.683. The van der Waals surface area contributed by atoms with Gasteiger partial charge in [0.1, 0.15) is 5.82 Å². The zero-order valence-corrected chi connectivity index (χ0v) is 14.3. The number of likely N-dealkylation sites (tertiary alicyclic amines) is 1. The van der Waals surface area contributed by atoms with Gasteiger partial charge in [0.05, 0.1) is 0 Å². The minimum atomic E-state index is -0.333. The monoisotopic (exact) mass is 350 g/mol. The first-order valence-corrected chi connectivity index (χ1v) is 8.84. The van der Waals surface area contributed by atoms with Crippen molar-refractivity contribution in [2.75, 3.05) is 13.1 Å². The van der Waals surface area contributed by atoms with Gasteiger partial charge in [-0.2, -0.15) is 0 Å². The number of hydrogen-bond donors (Lipinski definition) is 0. The number of rotatable bonds is 3. The van der Waals surface area contributed by atoms with Crippen molar-refractivity contribution in [2.45, 2.75) is 19.3 Å². The van der Waals surface area contributed by atoms with E-state index < -0.39 is 0 Å². The smallest absolute Gasteiger partial charge is 0.276 e. The fourth-order valence-electron chi connectivity index (χ4n) is 3.21. The van der Waals surface area contributed by atoms with E-state index in [4.69, 9.17) is 4.42 Å². The Morgan fingerprint density at radius 2 is 1.62 bits per heavy atom. The lowest BCUT2D eigenvalue weighted by Crippen LogP contribution is -2.36. The second-order valence-corrected chi connectivity index (χ2v) is 6.42. The molecular weight excluding hydrogens is 331 g/mol. The van der Waals surface area contributed by atoms with Crippen LogP contribution in [0, 0.1) is 5.82 Å². The summed E-state index contributed by atoms with van der Waals surface area (Å²) in [6, 6.07) is 15.4. The molecule has 0 bridgehead atoms. The zero-order chi connectivity index (χ0) is 17.9. The number of piperidine rings is 1. The highest BCUT2D eigenvalue weighted by Crippen LogP contribution is 2.31. The first kappa shape index (κ1) is 16.5. The number of hydrogen-bond acceptors (Lipinski definition) is 3. The van der Waals surface area contributed by atoms with Gasteiger partial charge in [0, 0.05) is 24.2 Å². The second kappa shape index (κ2) is 7.12. The van der Waals surface area contributed by atoms with Gasteiger partial charge < -0.3 is 9.32 Å². The molecule has 132 valence electrons. The van der Waals surface area contributed by atoms with Crippen LogP contribution in [0.3, 0.4) is 0 Å². The third kappa shape index (κ3) is 3.25. The van der Waals surface area contributed by atoms with Crippen LogP contribution >= 0.6 is 0 Å². The van der Waals surface area contributed by atoms with Gasteiger partial charge in [-0.05, 0) is 55.7 Å². The van der Waals surface area contributed by atoms with Crippen LogP contribution in [0.15, 0.2) is 59.0 Å². The summed E-state index contributed by atoms with van der Waals surface area (Å²) in [7, 11) is 0. The van der Waals surface area contributed by atoms with Gasteiger partial charge in [-0.25, -0.2) is 9.37 Å². The molecule has 0 spiro atoms. The molecule has 4 rings (SSSR count). The van der Waals surface area contributed by atoms with E-state index in [-0.39, 0.29) is 17.4 Å². The molecule has 5 heteroatoms. The maximum Gasteiger partial charge on any atom is 0.276 e. The Kier molecular flexibility index (Phi) is 4.52. The van der Waals surface area contributed by atoms with Crippen LogP contribution in [0.2, 0.25) is 0 Å². The topological polar surface area (TPSA) is 46.3 Å². The van der Waals surface area contributed by atoms with Crippen LogP contribution in [0.5, 0.6) is 0 Å². The Bertz CT molecular complexity index is 898. The molecule has 26 heavy (non-hydrogen) atoms. The zero-order valence-electron chi connectivity index (χ0n) is 14.3. The van der Waals surface area contributed by atoms with Crippen molar-refractivity contribution in [1.82, 2.24) is 9.88 Å². The summed E-state index contributed by atoms with van der Waals surface area (Å²) in [5, 5.41) is 0. The van der Waals surface area contributed by atoms with Crippen molar-refractivity contribution in [1.29, 1.82) is 0 Å². The van der Waals surface area contributed by atoms with Gasteiger partial charge in [0.25, 0.3) is 5.91 Å². The van der Waals surface area contributed by atoms with Crippen molar-refractivity contribution < 1.29 is 13.6 Å². The number of oxazole rings is 1. The molecule has 0 radical (unpaired) electrons. The highest BCUT2D eigenvalue weighted by atomic mass is 19.1. The van der Waals surface area contributed by atoms with Crippen molar-refractivity contribution in [3.63, 3.8) is 0 Å². The molecule has 1 fully saturated rings. The van der Waals surface area contributed by atoms with E-state index in [1.54, 1.807) is 12.1 Å². The molecule has 1 saturated heterocycles. The third-order valence-electron chi connectivity index (χ3n) is 4.60. The predicted molar refractivity (Wildman–Crippen MR) is 97.1 cm³/mol. The lowest BCUT2D eigenvalue weighted by molar-refractivity contribution is 0.0719. The van der Waals surface area contributed by atoms with Crippen LogP contribution in [0.25, 0.3) is 22.8 Å². The molecule has 0 saturated carbocycles. The van der Waals surface area contributed by atoms with Crippen LogP contribution in [-0.4, -0.2) is 28.9 Å². The van der Waals surface area contributed by atoms with Crippen molar-refractivity contribution in [2.24, 2.45) is 0 Å². The van der Waals surface area contributed by atoms with E-state index in [1.807, 2.05) is 35.2 Å². The molecule has 4 nitrogen and oxygen atoms in total. The summed E-state index contributed by atoms with van der Waals surface area (Å²) in [5.41, 5.74) is 1.73. The molecule has 2 aromatic carbocycles. The average molecular weight is 350 g/mol. The maximum atomic E-state index is 13.3. The number of carbonyl (C=O) groups excluding carboxylic acids is 1. The number of benzene rings is 2. The van der Waals surface area contributed by atoms with E-state index in [0.29, 0.717) is 17.2 Å². The SMILES string of the molecule is O=C(c1nc(-c2ccccc2)oc1-c1ccc(F)cc1)N1CCCCC1. The molecule has 1 aliphatic heterocycles. The number of aromatic nitrogens is 1. The second-order valence-electron chi connectivity index (χ2n) is 6.42. The van der Waals surface area contributed by atoms with Crippen LogP contribution in [0.1, 0.15) is 29.8 Å². The minimum absolute atomic E-state index is 0.130. The first-order valence-electron chi connectivity index (χ1n) is 8.84. The fraction of sp³-hybridized carbons (Fsp3) is 0.238. The van der Waals surface area contributed by atoms with Crippen LogP contribution < -0.4 is 0 Å². The predicted octanol–water partition coefficient (Wildman–Crippen LogP) is 4.77. The van der Waals surface area contributed by atoms with Gasteiger partial charge >= 0.3 is 0 Å². The molecule has 1 amide bonds. The number of nitrogens with zero attached hydrogens (tertiary/aromatic N) is 2. The lowest BCUT2D eigenvalue weighted by atomic mass is 10.1. The van der Waals surface area contributed by atoms with Gasteiger partial charge in [-0.3, -0.25) is 4.79 Å². The molecule has 2 heterocycles. The summed E-state index contributed by atoms with van der Waals surface area (Å²) in [6.45, 7) is 1.46. The summed E-state index contributed by atoms with van der Waals surface area (Å²) < 4.78 is 19.3. The van der Waals surface area contributed by atoms with E-state index >= 15 is 0 Å². The van der Waals surface area contributed by atoms with Crippen LogP contribution in [0.4, 0.5) is 4.39 Å². The Labute approximate surface area is 151 Å². The molecule has 0 aliphatic carbocycles. The summed E-state index contributed by atoms with van der Waals surface area (Å²) in [5.74, 6) is 0.320. The fourth-order valence-corrected chi connectivity index (χ4v) is 3.21. The van der Waals surface area contributed by atoms with Crippen molar-refractivity contribution in [3.8, 4) is 22.8 Å². The van der Waals surface area contributed by atoms with Crippen molar-refractivity contribution in [3.05, 3.63) is 66.1 Å². The molecule has 0 N–H and O–H groups in total. The largest absolute Gasteiger partial charge is 0.435 e. The Morgan fingerprint density at radius 3 is 2.31 bits per heavy atom. The highest BCUT2D eigenvalue weighted by molar-refractivity contribution is 5.98. The van der Waals surface area contributed by atoms with Crippen molar-refractivity contribution >= 4 is 5.91 Å². The molecule has 0 atom stereocenters. The number of amides is 1. The van der Waals surface area contributed by atoms with E-state index in [1.165, 1.54) is 12.1 Å². The van der Waals surface area contributed by atoms with Gasteiger partial charge in [-0.15, -0.1) is 0 Å². The Hall–Kier alpha value is -2.95. The summed E-state index contributed by atoms with van der Waals surface area (Å²) in [4.78, 5) is 19.4. The van der Waals surface area contributed by atoms with Gasteiger partial charge in [0.15, 0.2) is 11.5 Å². The first-order chi connectivity index (χ1) is 12.7. The average Bonchev–Trinajstić information content (AvgIpc) is 3.15. The van der Waals surface area contributed by atoms with Crippen LogP contribution in [-0.2, 0) is 0 Å². The molecule has 1 aliphatic rings. The van der Waals surface area contributed by atoms with E-state index in [2.05, 4.69) is 4.98 Å². The minimum Gasteiger partial charge on any atom is -0.435 e. The molecule has 0 unspecified atom stereocenters. The Morgan fingerprint density at radius 1 is 0.923 bits per heavy atom. The lowest BCUT2D eigenvalue weighted by Gasteiger charge is -2.26. The Balaban J connectivity index is 1.78. The van der Waals surface area contributed by atoms with E-state index in [9.17, 15) is 9.18 Å². The third-order valence-corrected chi connectivity index (χ3v) is 4.60. The molecular formula is C21H19FN2O2. The maximum absolute atomic E-state index is 13.3. The highest BCUT2D eigenvalue weighted by Gasteiger charge is 2.27. The van der Waals surface area contributed by atoms with Gasteiger partial charge in [0.2, 0.25) is 5.89 Å². The number of carbonyl (C=O) groups is 1. The number of halogens is 1. The molecule has 3 aromatic rings. The summed E-state index contributed by atoms with van der Waals surface area (Å²) in [6.07, 6.45) is 3.14.